The number of carboxylic acids is 1. The van der Waals surface area contributed by atoms with Gasteiger partial charge < -0.3 is 23.2 Å². The first-order valence-electron chi connectivity index (χ1n) is 7.95. The zero-order valence-electron chi connectivity index (χ0n) is 14.2. The summed E-state index contributed by atoms with van der Waals surface area (Å²) in [6, 6.07) is 0. The molecule has 0 aromatic rings. The van der Waals surface area contributed by atoms with Gasteiger partial charge in [0.15, 0.2) is 0 Å². The van der Waals surface area contributed by atoms with Gasteiger partial charge in [-0.1, -0.05) is 46.6 Å². The first-order valence-corrected chi connectivity index (χ1v) is 9.62. The predicted molar refractivity (Wildman–Crippen MR) is 88.4 cm³/mol. The fourth-order valence-corrected chi connectivity index (χ4v) is 2.62. The molecular weight excluding hydrogens is 304 g/mol. The van der Waals surface area contributed by atoms with Crippen molar-refractivity contribution in [3.8, 4) is 0 Å². The van der Waals surface area contributed by atoms with Gasteiger partial charge >= 0.3 is 15.0 Å². The third kappa shape index (κ3) is 17.3. The van der Waals surface area contributed by atoms with E-state index in [4.69, 9.17) is 18.4 Å². The molecule has 6 nitrogen and oxygen atoms in total. The molecule has 0 rings (SSSR count). The molecule has 0 aromatic heterocycles. The molecule has 0 unspecified atom stereocenters. The van der Waals surface area contributed by atoms with Crippen molar-refractivity contribution in [1.29, 1.82) is 0 Å². The van der Waals surface area contributed by atoms with Crippen LogP contribution in [0.2, 0.25) is 0 Å². The van der Waals surface area contributed by atoms with E-state index in [0.717, 1.165) is 44.6 Å². The lowest BCUT2D eigenvalue weighted by molar-refractivity contribution is -0.131. The number of hydrogen-bond donors (Lipinski definition) is 2. The fourth-order valence-electron chi connectivity index (χ4n) is 1.16. The summed E-state index contributed by atoms with van der Waals surface area (Å²) >= 11 is 0. The molecule has 0 aromatic carbocycles. The Kier molecular flexibility index (Phi) is 17.8. The number of carboxylic acid groups (broad SMARTS) is 1. The highest BCUT2D eigenvalue weighted by atomic mass is 28.4. The Morgan fingerprint density at radius 1 is 0.955 bits per heavy atom. The summed E-state index contributed by atoms with van der Waals surface area (Å²) in [5.74, 6) is -0.981. The van der Waals surface area contributed by atoms with E-state index >= 15 is 0 Å². The maximum absolute atomic E-state index is 10.2. The van der Waals surface area contributed by atoms with Gasteiger partial charge in [-0.3, -0.25) is 0 Å². The predicted octanol–water partition coefficient (Wildman–Crippen LogP) is 3.12. The Labute approximate surface area is 135 Å². The zero-order valence-corrected chi connectivity index (χ0v) is 15.2. The summed E-state index contributed by atoms with van der Waals surface area (Å²) in [6.07, 6.45) is 6.70. The Morgan fingerprint density at radius 2 is 1.23 bits per heavy atom. The number of aliphatic carboxylic acids is 1. The van der Waals surface area contributed by atoms with Gasteiger partial charge in [0.1, 0.15) is 0 Å². The van der Waals surface area contributed by atoms with Gasteiger partial charge in [0.2, 0.25) is 0 Å². The second-order valence-corrected chi connectivity index (χ2v) is 6.59. The summed E-state index contributed by atoms with van der Waals surface area (Å²) < 4.78 is 16.2. The van der Waals surface area contributed by atoms with E-state index in [1.807, 2.05) is 0 Å². The molecule has 0 bridgehead atoms. The first-order chi connectivity index (χ1) is 10.5. The van der Waals surface area contributed by atoms with Gasteiger partial charge in [-0.05, 0) is 19.3 Å². The van der Waals surface area contributed by atoms with Crippen molar-refractivity contribution >= 4 is 15.0 Å². The summed E-state index contributed by atoms with van der Waals surface area (Å²) in [6.45, 7) is 10.7. The maximum atomic E-state index is 10.2. The molecular formula is C15H32O6Si. The van der Waals surface area contributed by atoms with Crippen molar-refractivity contribution in [2.24, 2.45) is 0 Å². The quantitative estimate of drug-likeness (QED) is 0.305. The average molecular weight is 337 g/mol. The largest absolute Gasteiger partial charge is 0.676 e. The topological polar surface area (TPSA) is 85.2 Å². The van der Waals surface area contributed by atoms with Gasteiger partial charge in [0.05, 0.1) is 0 Å². The highest BCUT2D eigenvalue weighted by Gasteiger charge is 2.40. The van der Waals surface area contributed by atoms with Crippen LogP contribution in [0.15, 0.2) is 12.7 Å². The van der Waals surface area contributed by atoms with E-state index in [-0.39, 0.29) is 0 Å². The Morgan fingerprint density at radius 3 is 1.41 bits per heavy atom. The molecule has 0 spiro atoms. The summed E-state index contributed by atoms with van der Waals surface area (Å²) in [5.41, 5.74) is 0. The highest BCUT2D eigenvalue weighted by Crippen LogP contribution is 2.09. The molecule has 2 N–H and O–H groups in total. The minimum Gasteiger partial charge on any atom is -0.478 e. The first kappa shape index (κ1) is 23.5. The third-order valence-electron chi connectivity index (χ3n) is 2.52. The van der Waals surface area contributed by atoms with Gasteiger partial charge in [0.25, 0.3) is 0 Å². The van der Waals surface area contributed by atoms with Crippen molar-refractivity contribution < 1.29 is 28.0 Å². The summed E-state index contributed by atoms with van der Waals surface area (Å²) in [7, 11) is -3.36. The van der Waals surface area contributed by atoms with Crippen molar-refractivity contribution in [2.45, 2.75) is 59.3 Å². The van der Waals surface area contributed by atoms with E-state index in [9.17, 15) is 9.59 Å². The second kappa shape index (κ2) is 16.6. The molecule has 22 heavy (non-hydrogen) atoms. The molecule has 0 aliphatic heterocycles. The Balaban J connectivity index is 0. The van der Waals surface area contributed by atoms with E-state index in [0.29, 0.717) is 19.8 Å². The smallest absolute Gasteiger partial charge is 0.478 e. The SMILES string of the molecule is C=CC(=O)O.CCCCO[Si](O)(OCCCC)OCCCC. The molecule has 132 valence electrons. The van der Waals surface area contributed by atoms with Crippen molar-refractivity contribution in [3.63, 3.8) is 0 Å². The Bertz CT molecular complexity index is 246. The monoisotopic (exact) mass is 336 g/mol. The molecule has 7 heteroatoms. The number of unbranched alkanes of at least 4 members (excludes halogenated alkanes) is 3. The average Bonchev–Trinajstić information content (AvgIpc) is 2.49. The lowest BCUT2D eigenvalue weighted by Crippen LogP contribution is -2.47. The standard InChI is InChI=1S/C12H28O4Si.C3H4O2/c1-4-7-10-14-17(13,15-11-8-5-2)16-12-9-6-3;1-2-3(4)5/h13H,4-12H2,1-3H3;2H,1H2,(H,4,5). The number of hydrogen-bond acceptors (Lipinski definition) is 5. The van der Waals surface area contributed by atoms with Crippen LogP contribution >= 0.6 is 0 Å². The van der Waals surface area contributed by atoms with Gasteiger partial charge in [0, 0.05) is 25.9 Å². The summed E-state index contributed by atoms with van der Waals surface area (Å²) in [5, 5.41) is 7.60. The molecule has 0 fully saturated rings. The normalized spacial score (nSPS) is 10.7. The van der Waals surface area contributed by atoms with Crippen LogP contribution in [0.1, 0.15) is 59.3 Å². The molecule has 0 atom stereocenters. The van der Waals surface area contributed by atoms with Crippen molar-refractivity contribution in [2.75, 3.05) is 19.8 Å². The van der Waals surface area contributed by atoms with Crippen LogP contribution in [-0.2, 0) is 18.1 Å². The summed E-state index contributed by atoms with van der Waals surface area (Å²) in [4.78, 5) is 19.4. The fraction of sp³-hybridized carbons (Fsp3) is 0.800. The minimum atomic E-state index is -3.36. The second-order valence-electron chi connectivity index (χ2n) is 4.67. The lowest BCUT2D eigenvalue weighted by atomic mass is 10.4. The number of carbonyl (C=O) groups is 1. The van der Waals surface area contributed by atoms with Crippen LogP contribution in [-0.4, -0.2) is 44.7 Å². The van der Waals surface area contributed by atoms with Gasteiger partial charge in [-0.2, -0.15) is 0 Å². The van der Waals surface area contributed by atoms with Crippen LogP contribution in [0.25, 0.3) is 0 Å². The highest BCUT2D eigenvalue weighted by molar-refractivity contribution is 6.51. The molecule has 0 aliphatic rings. The molecule has 0 amide bonds. The van der Waals surface area contributed by atoms with E-state index in [2.05, 4.69) is 27.4 Å². The van der Waals surface area contributed by atoms with Gasteiger partial charge in [-0.15, -0.1) is 0 Å². The molecule has 0 aliphatic carbocycles. The minimum absolute atomic E-state index is 0.511. The van der Waals surface area contributed by atoms with Gasteiger partial charge in [-0.25, -0.2) is 4.79 Å². The van der Waals surface area contributed by atoms with Crippen LogP contribution < -0.4 is 0 Å². The van der Waals surface area contributed by atoms with Crippen LogP contribution in [0.4, 0.5) is 0 Å². The molecule has 0 heterocycles. The molecule has 0 radical (unpaired) electrons. The maximum Gasteiger partial charge on any atom is 0.676 e. The lowest BCUT2D eigenvalue weighted by Gasteiger charge is -2.23. The number of rotatable bonds is 13. The Hall–Kier alpha value is -0.733. The molecule has 0 saturated carbocycles. The van der Waals surface area contributed by atoms with E-state index in [1.54, 1.807) is 0 Å². The van der Waals surface area contributed by atoms with Crippen LogP contribution in [0.3, 0.4) is 0 Å². The van der Waals surface area contributed by atoms with Crippen LogP contribution in [0, 0.1) is 0 Å². The van der Waals surface area contributed by atoms with Crippen molar-refractivity contribution in [1.82, 2.24) is 0 Å². The van der Waals surface area contributed by atoms with E-state index in [1.165, 1.54) is 0 Å². The van der Waals surface area contributed by atoms with Crippen molar-refractivity contribution in [3.05, 3.63) is 12.7 Å². The zero-order chi connectivity index (χ0) is 17.3. The van der Waals surface area contributed by atoms with E-state index < -0.39 is 15.0 Å². The third-order valence-corrected chi connectivity index (χ3v) is 4.23. The van der Waals surface area contributed by atoms with Crippen LogP contribution in [0.5, 0.6) is 0 Å². The molecule has 0 saturated heterocycles.